The summed E-state index contributed by atoms with van der Waals surface area (Å²) in [6, 6.07) is 12.4. The molecular weight excluding hydrogens is 448 g/mol. The van der Waals surface area contributed by atoms with Gasteiger partial charge in [0.15, 0.2) is 0 Å². The Balaban J connectivity index is 2.30. The van der Waals surface area contributed by atoms with Gasteiger partial charge >= 0.3 is 0 Å². The van der Waals surface area contributed by atoms with E-state index in [-0.39, 0.29) is 23.1 Å². The minimum absolute atomic E-state index is 0.00655. The van der Waals surface area contributed by atoms with E-state index in [0.29, 0.717) is 19.3 Å². The van der Waals surface area contributed by atoms with Crippen molar-refractivity contribution < 1.29 is 14.3 Å². The fourth-order valence-corrected chi connectivity index (χ4v) is 4.69. The lowest BCUT2D eigenvalue weighted by Gasteiger charge is -2.25. The molecule has 0 radical (unpaired) electrons. The van der Waals surface area contributed by atoms with Crippen LogP contribution in [0.25, 0.3) is 0 Å². The number of rotatable bonds is 12. The lowest BCUT2D eigenvalue weighted by molar-refractivity contribution is -0.128. The number of hydrogen-bond acceptors (Lipinski definition) is 3. The highest BCUT2D eigenvalue weighted by atomic mass is 16.5. The largest absolute Gasteiger partial charge is 0.496 e. The quantitative estimate of drug-likeness (QED) is 0.323. The highest BCUT2D eigenvalue weighted by Gasteiger charge is 2.23. The van der Waals surface area contributed by atoms with Gasteiger partial charge in [-0.3, -0.25) is 9.59 Å². The molecule has 0 aromatic heterocycles. The first-order valence-corrected chi connectivity index (χ1v) is 13.2. The lowest BCUT2D eigenvalue weighted by atomic mass is 9.84. The summed E-state index contributed by atoms with van der Waals surface area (Å²) in [6.45, 7) is 10.7. The fourth-order valence-electron chi connectivity index (χ4n) is 4.69. The van der Waals surface area contributed by atoms with Crippen LogP contribution in [-0.4, -0.2) is 37.9 Å². The van der Waals surface area contributed by atoms with Crippen LogP contribution >= 0.6 is 0 Å². The molecule has 36 heavy (non-hydrogen) atoms. The van der Waals surface area contributed by atoms with Gasteiger partial charge in [0.2, 0.25) is 11.8 Å². The van der Waals surface area contributed by atoms with E-state index >= 15 is 0 Å². The lowest BCUT2D eigenvalue weighted by Crippen LogP contribution is -2.22. The fraction of sp³-hybridized carbons (Fsp3) is 0.548. The van der Waals surface area contributed by atoms with E-state index < -0.39 is 0 Å². The van der Waals surface area contributed by atoms with E-state index in [0.717, 1.165) is 59.4 Å². The summed E-state index contributed by atoms with van der Waals surface area (Å²) in [5.74, 6) is 1.08. The first-order valence-electron chi connectivity index (χ1n) is 13.2. The molecule has 0 spiro atoms. The van der Waals surface area contributed by atoms with Gasteiger partial charge in [0, 0.05) is 32.6 Å². The molecule has 2 rings (SSSR count). The molecule has 2 aromatic carbocycles. The second-order valence-corrected chi connectivity index (χ2v) is 11.1. The predicted octanol–water partition coefficient (Wildman–Crippen LogP) is 7.01. The highest BCUT2D eigenvalue weighted by Crippen LogP contribution is 2.36. The number of carbonyl (C=O) groups excluding carboxylic acids is 2. The third-order valence-corrected chi connectivity index (χ3v) is 6.77. The summed E-state index contributed by atoms with van der Waals surface area (Å²) in [7, 11) is 5.25. The van der Waals surface area contributed by atoms with Crippen LogP contribution < -0.4 is 10.1 Å². The second-order valence-electron chi connectivity index (χ2n) is 11.1. The number of amides is 2. The van der Waals surface area contributed by atoms with Crippen LogP contribution in [0, 0.1) is 6.92 Å². The first-order chi connectivity index (χ1) is 17.0. The van der Waals surface area contributed by atoms with Crippen molar-refractivity contribution in [2.75, 3.05) is 26.5 Å². The molecule has 0 fully saturated rings. The highest BCUT2D eigenvalue weighted by molar-refractivity contribution is 5.92. The van der Waals surface area contributed by atoms with Gasteiger partial charge in [0.1, 0.15) is 5.75 Å². The van der Waals surface area contributed by atoms with Crippen molar-refractivity contribution in [1.82, 2.24) is 4.90 Å². The summed E-state index contributed by atoms with van der Waals surface area (Å²) in [5, 5.41) is 3.24. The normalized spacial score (nSPS) is 12.2. The van der Waals surface area contributed by atoms with Crippen molar-refractivity contribution in [3.63, 3.8) is 0 Å². The third kappa shape index (κ3) is 8.39. The van der Waals surface area contributed by atoms with E-state index in [1.54, 1.807) is 26.1 Å². The van der Waals surface area contributed by atoms with Crippen LogP contribution in [0.3, 0.4) is 0 Å². The van der Waals surface area contributed by atoms with Crippen LogP contribution in [0.15, 0.2) is 36.4 Å². The van der Waals surface area contributed by atoms with Crippen molar-refractivity contribution in [1.29, 1.82) is 0 Å². The Morgan fingerprint density at radius 1 is 1.08 bits per heavy atom. The van der Waals surface area contributed by atoms with Gasteiger partial charge in [-0.15, -0.1) is 0 Å². The molecule has 2 aromatic rings. The Bertz CT molecular complexity index is 1020. The molecule has 0 aliphatic rings. The Morgan fingerprint density at radius 2 is 1.81 bits per heavy atom. The Morgan fingerprint density at radius 3 is 2.42 bits per heavy atom. The zero-order chi connectivity index (χ0) is 26.9. The van der Waals surface area contributed by atoms with Crippen LogP contribution in [0.1, 0.15) is 94.4 Å². The summed E-state index contributed by atoms with van der Waals surface area (Å²) in [5.41, 5.74) is 5.05. The molecule has 1 atom stereocenters. The Hall–Kier alpha value is -2.82. The van der Waals surface area contributed by atoms with Gasteiger partial charge in [-0.1, -0.05) is 77.3 Å². The Kier molecular flexibility index (Phi) is 11.0. The van der Waals surface area contributed by atoms with E-state index in [1.165, 1.54) is 0 Å². The number of ether oxygens (including phenoxy) is 1. The number of methoxy groups -OCH3 is 1. The van der Waals surface area contributed by atoms with Crippen molar-refractivity contribution in [2.24, 2.45) is 0 Å². The zero-order valence-corrected chi connectivity index (χ0v) is 23.7. The van der Waals surface area contributed by atoms with Gasteiger partial charge in [-0.2, -0.15) is 0 Å². The first kappa shape index (κ1) is 29.4. The van der Waals surface area contributed by atoms with E-state index in [4.69, 9.17) is 4.74 Å². The monoisotopic (exact) mass is 494 g/mol. The van der Waals surface area contributed by atoms with Gasteiger partial charge in [-0.05, 0) is 59.4 Å². The van der Waals surface area contributed by atoms with Gasteiger partial charge in [-0.25, -0.2) is 0 Å². The van der Waals surface area contributed by atoms with Crippen LogP contribution in [0.5, 0.6) is 5.75 Å². The summed E-state index contributed by atoms with van der Waals surface area (Å²) in [4.78, 5) is 27.2. The number of para-hydroxylation sites is 1. The third-order valence-electron chi connectivity index (χ3n) is 6.77. The predicted molar refractivity (Wildman–Crippen MR) is 150 cm³/mol. The Labute approximate surface area is 218 Å². The van der Waals surface area contributed by atoms with Gasteiger partial charge in [0.25, 0.3) is 0 Å². The van der Waals surface area contributed by atoms with Gasteiger partial charge < -0.3 is 15.0 Å². The van der Waals surface area contributed by atoms with E-state index in [1.807, 2.05) is 25.1 Å². The summed E-state index contributed by atoms with van der Waals surface area (Å²) in [6.07, 6.45) is 5.80. The zero-order valence-electron chi connectivity index (χ0n) is 23.7. The van der Waals surface area contributed by atoms with Crippen molar-refractivity contribution in [3.05, 3.63) is 58.7 Å². The topological polar surface area (TPSA) is 58.6 Å². The molecule has 0 bridgehead atoms. The van der Waals surface area contributed by atoms with E-state index in [2.05, 4.69) is 51.2 Å². The number of benzene rings is 2. The standard InChI is InChI=1S/C31H46N2O3/c1-9-10-11-14-24(25-15-12-13-22(2)30(25)36-8)21-28(34)32-27-20-23(17-19-29(35)33(6)7)16-18-26(27)31(3,4)5/h12-13,15-16,18,20,24H,9-11,14,17,19,21H2,1-8H3,(H,32,34). The smallest absolute Gasteiger partial charge is 0.224 e. The second kappa shape index (κ2) is 13.5. The number of unbranched alkanes of at least 4 members (excludes halogenated alkanes) is 2. The molecule has 198 valence electrons. The maximum atomic E-state index is 13.4. The average Bonchev–Trinajstić information content (AvgIpc) is 2.81. The number of anilines is 1. The number of nitrogens with one attached hydrogen (secondary N) is 1. The number of hydrogen-bond donors (Lipinski definition) is 1. The SMILES string of the molecule is CCCCCC(CC(=O)Nc1cc(CCC(=O)N(C)C)ccc1C(C)(C)C)c1cccc(C)c1OC. The molecule has 0 aliphatic heterocycles. The molecule has 2 amide bonds. The van der Waals surface area contributed by atoms with Crippen molar-refractivity contribution in [2.45, 2.75) is 90.9 Å². The van der Waals surface area contributed by atoms with E-state index in [9.17, 15) is 9.59 Å². The van der Waals surface area contributed by atoms with Gasteiger partial charge in [0.05, 0.1) is 7.11 Å². The maximum absolute atomic E-state index is 13.4. The average molecular weight is 495 g/mol. The van der Waals surface area contributed by atoms with Crippen LogP contribution in [0.4, 0.5) is 5.69 Å². The number of aryl methyl sites for hydroxylation is 2. The minimum Gasteiger partial charge on any atom is -0.496 e. The molecule has 0 saturated heterocycles. The molecule has 1 unspecified atom stereocenters. The summed E-state index contributed by atoms with van der Waals surface area (Å²) < 4.78 is 5.74. The maximum Gasteiger partial charge on any atom is 0.224 e. The molecule has 5 heteroatoms. The number of carbonyl (C=O) groups is 2. The van der Waals surface area contributed by atoms with Crippen molar-refractivity contribution >= 4 is 17.5 Å². The minimum atomic E-state index is -0.124. The molecule has 0 heterocycles. The molecule has 0 saturated carbocycles. The molecule has 5 nitrogen and oxygen atoms in total. The molecule has 0 aliphatic carbocycles. The van der Waals surface area contributed by atoms with Crippen LogP contribution in [0.2, 0.25) is 0 Å². The number of nitrogens with zero attached hydrogens (tertiary/aromatic N) is 1. The molecular formula is C31H46N2O3. The molecule has 1 N–H and O–H groups in total. The van der Waals surface area contributed by atoms with Crippen molar-refractivity contribution in [3.8, 4) is 5.75 Å². The van der Waals surface area contributed by atoms with Crippen LogP contribution in [-0.2, 0) is 21.4 Å². The summed E-state index contributed by atoms with van der Waals surface area (Å²) >= 11 is 0.